The van der Waals surface area contributed by atoms with Gasteiger partial charge in [0.25, 0.3) is 0 Å². The first-order valence-corrected chi connectivity index (χ1v) is 11.9. The molecule has 2 N–H and O–H groups in total. The number of carbonyl (C=O) groups is 2. The van der Waals surface area contributed by atoms with Gasteiger partial charge in [-0.3, -0.25) is 9.48 Å². The van der Waals surface area contributed by atoms with E-state index in [9.17, 15) is 14.7 Å². The summed E-state index contributed by atoms with van der Waals surface area (Å²) in [5.74, 6) is 0.417. The van der Waals surface area contributed by atoms with E-state index in [4.69, 9.17) is 9.47 Å². The highest BCUT2D eigenvalue weighted by Gasteiger charge is 2.29. The molecule has 1 aromatic carbocycles. The smallest absolute Gasteiger partial charge is 0.321 e. The zero-order valence-electron chi connectivity index (χ0n) is 20.9. The lowest BCUT2D eigenvalue weighted by Crippen LogP contribution is -2.48. The second-order valence-electron chi connectivity index (χ2n) is 8.99. The summed E-state index contributed by atoms with van der Waals surface area (Å²) in [4.78, 5) is 29.2. The standard InChI is InChI=1S/C24H36N6O5/c1-17-12-30(18(2)15-31)23(32)10-7-11-29-13-19(26-27-29)16-35-22(17)14-28(3)24(33)25-20-8-5-6-9-21(20)34-4/h5-6,8-9,13,17-18,22,31H,7,10-12,14-16H2,1-4H3,(H,25,33)/t17-,18-,22-/m1/s1. The van der Waals surface area contributed by atoms with Crippen molar-refractivity contribution in [3.8, 4) is 5.75 Å². The summed E-state index contributed by atoms with van der Waals surface area (Å²) in [6, 6.07) is 6.57. The molecular weight excluding hydrogens is 452 g/mol. The van der Waals surface area contributed by atoms with Crippen molar-refractivity contribution in [3.05, 3.63) is 36.2 Å². The van der Waals surface area contributed by atoms with Crippen molar-refractivity contribution in [2.24, 2.45) is 5.92 Å². The number of hydrogen-bond acceptors (Lipinski definition) is 7. The fourth-order valence-corrected chi connectivity index (χ4v) is 4.00. The van der Waals surface area contributed by atoms with Gasteiger partial charge in [-0.25, -0.2) is 4.79 Å². The first-order chi connectivity index (χ1) is 16.8. The number of rotatable bonds is 6. The number of aryl methyl sites for hydroxylation is 1. The van der Waals surface area contributed by atoms with E-state index in [0.29, 0.717) is 43.1 Å². The minimum Gasteiger partial charge on any atom is -0.495 e. The lowest BCUT2D eigenvalue weighted by atomic mass is 10.0. The lowest BCUT2D eigenvalue weighted by Gasteiger charge is -2.35. The minimum atomic E-state index is -0.393. The van der Waals surface area contributed by atoms with Gasteiger partial charge in [-0.1, -0.05) is 24.3 Å². The molecule has 3 atom stereocenters. The molecule has 192 valence electrons. The number of carbonyl (C=O) groups excluding carboxylic acids is 2. The molecule has 2 heterocycles. The molecule has 0 spiro atoms. The van der Waals surface area contributed by atoms with Crippen LogP contribution < -0.4 is 10.1 Å². The highest BCUT2D eigenvalue weighted by atomic mass is 16.5. The summed E-state index contributed by atoms with van der Waals surface area (Å²) < 4.78 is 13.2. The number of aromatic nitrogens is 3. The number of amides is 3. The molecule has 1 aromatic heterocycles. The van der Waals surface area contributed by atoms with E-state index in [1.165, 1.54) is 0 Å². The number of para-hydroxylation sites is 2. The largest absolute Gasteiger partial charge is 0.495 e. The van der Waals surface area contributed by atoms with Crippen molar-refractivity contribution in [1.29, 1.82) is 0 Å². The molecule has 0 fully saturated rings. The summed E-state index contributed by atoms with van der Waals surface area (Å²) in [6.45, 7) is 5.18. The Morgan fingerprint density at radius 3 is 2.91 bits per heavy atom. The van der Waals surface area contributed by atoms with Crippen molar-refractivity contribution in [3.63, 3.8) is 0 Å². The number of nitrogens with one attached hydrogen (secondary N) is 1. The Labute approximate surface area is 206 Å². The average molecular weight is 489 g/mol. The third-order valence-electron chi connectivity index (χ3n) is 6.19. The van der Waals surface area contributed by atoms with E-state index in [2.05, 4.69) is 15.6 Å². The van der Waals surface area contributed by atoms with Crippen molar-refractivity contribution < 1.29 is 24.2 Å². The summed E-state index contributed by atoms with van der Waals surface area (Å²) in [6.07, 6.45) is 2.39. The van der Waals surface area contributed by atoms with Crippen LogP contribution in [0.25, 0.3) is 0 Å². The van der Waals surface area contributed by atoms with Crippen LogP contribution in [0.3, 0.4) is 0 Å². The van der Waals surface area contributed by atoms with Crippen LogP contribution in [0.5, 0.6) is 5.75 Å². The summed E-state index contributed by atoms with van der Waals surface area (Å²) in [7, 11) is 3.24. The maximum atomic E-state index is 13.0. The number of ether oxygens (including phenoxy) is 2. The second-order valence-corrected chi connectivity index (χ2v) is 8.99. The number of aliphatic hydroxyl groups is 1. The van der Waals surface area contributed by atoms with Crippen LogP contribution in [-0.2, 0) is 22.7 Å². The Bertz CT molecular complexity index is 983. The van der Waals surface area contributed by atoms with Crippen LogP contribution in [0.2, 0.25) is 0 Å². The van der Waals surface area contributed by atoms with Crippen LogP contribution in [-0.4, -0.2) is 87.8 Å². The lowest BCUT2D eigenvalue weighted by molar-refractivity contribution is -0.136. The van der Waals surface area contributed by atoms with Crippen molar-refractivity contribution in [2.75, 3.05) is 39.2 Å². The molecule has 35 heavy (non-hydrogen) atoms. The number of nitrogens with zero attached hydrogens (tertiary/aromatic N) is 5. The Hall–Kier alpha value is -3.18. The van der Waals surface area contributed by atoms with E-state index in [1.54, 1.807) is 40.8 Å². The van der Waals surface area contributed by atoms with E-state index in [0.717, 1.165) is 0 Å². The molecule has 0 radical (unpaired) electrons. The van der Waals surface area contributed by atoms with E-state index in [-0.39, 0.29) is 43.7 Å². The average Bonchev–Trinajstić information content (AvgIpc) is 3.31. The van der Waals surface area contributed by atoms with Crippen LogP contribution in [0.4, 0.5) is 10.5 Å². The predicted octanol–water partition coefficient (Wildman–Crippen LogP) is 1.98. The molecule has 0 aliphatic carbocycles. The van der Waals surface area contributed by atoms with Gasteiger partial charge in [0.1, 0.15) is 11.4 Å². The van der Waals surface area contributed by atoms with Crippen molar-refractivity contribution in [2.45, 2.75) is 52.0 Å². The van der Waals surface area contributed by atoms with Gasteiger partial charge in [-0.05, 0) is 25.5 Å². The zero-order chi connectivity index (χ0) is 25.4. The molecule has 0 unspecified atom stereocenters. The second kappa shape index (κ2) is 12.5. The maximum absolute atomic E-state index is 13.0. The minimum absolute atomic E-state index is 0.0287. The zero-order valence-corrected chi connectivity index (χ0v) is 20.9. The molecule has 0 saturated heterocycles. The van der Waals surface area contributed by atoms with Gasteiger partial charge in [0, 0.05) is 39.0 Å². The topological polar surface area (TPSA) is 122 Å². The number of urea groups is 1. The van der Waals surface area contributed by atoms with Gasteiger partial charge < -0.3 is 29.7 Å². The van der Waals surface area contributed by atoms with E-state index >= 15 is 0 Å². The van der Waals surface area contributed by atoms with Crippen LogP contribution in [0, 0.1) is 5.92 Å². The Balaban J connectivity index is 1.76. The van der Waals surface area contributed by atoms with Gasteiger partial charge in [-0.15, -0.1) is 5.10 Å². The molecule has 3 amide bonds. The Morgan fingerprint density at radius 1 is 1.40 bits per heavy atom. The number of benzene rings is 1. The fourth-order valence-electron chi connectivity index (χ4n) is 4.00. The van der Waals surface area contributed by atoms with Gasteiger partial charge >= 0.3 is 6.03 Å². The molecule has 3 rings (SSSR count). The number of hydrogen-bond donors (Lipinski definition) is 2. The first kappa shape index (κ1) is 26.4. The molecule has 1 aliphatic rings. The normalized spacial score (nSPS) is 20.3. The van der Waals surface area contributed by atoms with Crippen LogP contribution >= 0.6 is 0 Å². The predicted molar refractivity (Wildman–Crippen MR) is 130 cm³/mol. The van der Waals surface area contributed by atoms with E-state index < -0.39 is 6.10 Å². The van der Waals surface area contributed by atoms with E-state index in [1.807, 2.05) is 32.2 Å². The molecule has 1 aliphatic heterocycles. The Morgan fingerprint density at radius 2 is 2.17 bits per heavy atom. The summed E-state index contributed by atoms with van der Waals surface area (Å²) in [5, 5.41) is 20.9. The van der Waals surface area contributed by atoms with Crippen LogP contribution in [0.1, 0.15) is 32.4 Å². The maximum Gasteiger partial charge on any atom is 0.321 e. The molecule has 2 bridgehead atoms. The fraction of sp³-hybridized carbons (Fsp3) is 0.583. The highest BCUT2D eigenvalue weighted by Crippen LogP contribution is 2.24. The third kappa shape index (κ3) is 7.15. The number of methoxy groups -OCH3 is 1. The first-order valence-electron chi connectivity index (χ1n) is 11.9. The molecule has 2 aromatic rings. The monoisotopic (exact) mass is 488 g/mol. The molecule has 0 saturated carbocycles. The van der Waals surface area contributed by atoms with Crippen molar-refractivity contribution >= 4 is 17.6 Å². The number of anilines is 1. The highest BCUT2D eigenvalue weighted by molar-refractivity contribution is 5.90. The quantitative estimate of drug-likeness (QED) is 0.637. The molecular formula is C24H36N6O5. The summed E-state index contributed by atoms with van der Waals surface area (Å²) in [5.41, 5.74) is 1.26. The van der Waals surface area contributed by atoms with Gasteiger partial charge in [-0.2, -0.15) is 0 Å². The SMILES string of the molecule is COc1ccccc1NC(=O)N(C)C[C@H]1OCc2cn(nn2)CCCC(=O)N([C@H](C)CO)C[C@H]1C. The molecule has 11 nitrogen and oxygen atoms in total. The Kier molecular flexibility index (Phi) is 9.44. The number of likely N-dealkylation sites (N-methyl/N-ethyl adjacent to an activating group) is 1. The number of fused-ring (bicyclic) bond motifs is 2. The third-order valence-corrected chi connectivity index (χ3v) is 6.19. The van der Waals surface area contributed by atoms with Gasteiger partial charge in [0.15, 0.2) is 0 Å². The summed E-state index contributed by atoms with van der Waals surface area (Å²) >= 11 is 0. The number of aliphatic hydroxyl groups excluding tert-OH is 1. The van der Waals surface area contributed by atoms with Crippen LogP contribution in [0.15, 0.2) is 30.5 Å². The van der Waals surface area contributed by atoms with Crippen molar-refractivity contribution in [1.82, 2.24) is 24.8 Å². The molecule has 11 heteroatoms. The van der Waals surface area contributed by atoms with Gasteiger partial charge in [0.05, 0.1) is 44.4 Å². The van der Waals surface area contributed by atoms with Gasteiger partial charge in [0.2, 0.25) is 5.91 Å².